The van der Waals surface area contributed by atoms with Crippen molar-refractivity contribution >= 4 is 118 Å². The van der Waals surface area contributed by atoms with Gasteiger partial charge in [-0.25, -0.2) is 8.42 Å². The molecule has 15 unspecified atom stereocenters. The molecule has 43 heteroatoms. The zero-order valence-corrected chi connectivity index (χ0v) is 75.9. The summed E-state index contributed by atoms with van der Waals surface area (Å²) >= 11 is 0. The molecule has 0 aromatic carbocycles. The van der Waals surface area contributed by atoms with Crippen LogP contribution in [0.2, 0.25) is 0 Å². The van der Waals surface area contributed by atoms with Crippen LogP contribution in [0.5, 0.6) is 0 Å². The van der Waals surface area contributed by atoms with Crippen LogP contribution in [0.1, 0.15) is 248 Å². The number of carbonyl (C=O) groups is 18. The molecule has 0 radical (unpaired) electrons. The van der Waals surface area contributed by atoms with Gasteiger partial charge in [0.2, 0.25) is 0 Å². The van der Waals surface area contributed by atoms with E-state index >= 15 is 0 Å². The van der Waals surface area contributed by atoms with Crippen molar-refractivity contribution in [3.05, 3.63) is 0 Å². The van der Waals surface area contributed by atoms with Crippen LogP contribution >= 0.6 is 0 Å². The van der Waals surface area contributed by atoms with Crippen LogP contribution < -0.4 is 29.6 Å². The van der Waals surface area contributed by atoms with Crippen LogP contribution in [0.3, 0.4) is 0 Å². The van der Waals surface area contributed by atoms with Gasteiger partial charge in [-0.2, -0.15) is 0 Å². The Morgan fingerprint density at radius 2 is 0.430 bits per heavy atom. The van der Waals surface area contributed by atoms with Crippen LogP contribution in [-0.2, 0) is 191 Å². The fourth-order valence-electron chi connectivity index (χ4n) is 12.9. The maximum absolute atomic E-state index is 13.2. The predicted octanol–water partition coefficient (Wildman–Crippen LogP) is 2.38. The maximum Gasteiger partial charge on any atom is 1.00 e. The van der Waals surface area contributed by atoms with E-state index in [-0.39, 0.29) is 146 Å². The fraction of sp³-hybridized carbons (Fsp3) is 0.769. The van der Waals surface area contributed by atoms with Crippen LogP contribution in [0.25, 0.3) is 0 Å². The summed E-state index contributed by atoms with van der Waals surface area (Å²) in [4.78, 5) is 224. The number of hydrogen-bond acceptors (Lipinski definition) is 41. The minimum Gasteiger partial charge on any atom is -0.747 e. The van der Waals surface area contributed by atoms with E-state index in [1.54, 1.807) is 0 Å². The Hall–Kier alpha value is -8.71. The minimum atomic E-state index is -5.63. The number of esters is 18. The summed E-state index contributed by atoms with van der Waals surface area (Å²) in [6.07, 6.45) is -21.6. The number of ether oxygens (including phenoxy) is 20. The van der Waals surface area contributed by atoms with E-state index in [1.807, 2.05) is 0 Å². The molecule has 41 nitrogen and oxygen atoms in total. The van der Waals surface area contributed by atoms with E-state index in [4.69, 9.17) is 94.7 Å². The third-order valence-electron chi connectivity index (χ3n) is 16.5. The first-order valence-corrected chi connectivity index (χ1v) is 40.2. The number of hydrogen-bond donors (Lipinski definition) is 0. The summed E-state index contributed by atoms with van der Waals surface area (Å²) in [5.41, 5.74) is -2.66. The molecule has 0 heterocycles. The van der Waals surface area contributed by atoms with Gasteiger partial charge in [-0.15, -0.1) is 0 Å². The Kier molecular flexibility index (Phi) is 55.9. The van der Waals surface area contributed by atoms with Gasteiger partial charge in [-0.05, 0) is 27.7 Å². The molecule has 15 atom stereocenters. The molecule has 0 rings (SSSR count). The monoisotopic (exact) mass is 1770 g/mol. The molecule has 121 heavy (non-hydrogen) atoms. The minimum absolute atomic E-state index is 0. The van der Waals surface area contributed by atoms with Gasteiger partial charge in [0.1, 0.15) is 109 Å². The Morgan fingerprint density at radius 3 is 0.628 bits per heavy atom. The number of carbonyl (C=O) groups excluding carboxylic acids is 18. The summed E-state index contributed by atoms with van der Waals surface area (Å²) in [6.45, 7) is 21.0. The molecule has 0 N–H and O–H groups in total. The van der Waals surface area contributed by atoms with Crippen molar-refractivity contribution < 1.29 is 224 Å². The smallest absolute Gasteiger partial charge is 0.747 e. The number of rotatable bonds is 60. The second kappa shape index (κ2) is 59.1. The van der Waals surface area contributed by atoms with Crippen molar-refractivity contribution in [2.75, 3.05) is 39.6 Å². The van der Waals surface area contributed by atoms with E-state index in [0.29, 0.717) is 0 Å². The molecule has 0 aromatic heterocycles. The molecular weight excluding hydrogens is 1650 g/mol. The second-order valence-corrected chi connectivity index (χ2v) is 31.1. The van der Waals surface area contributed by atoms with E-state index in [0.717, 1.165) is 96.9 Å². The van der Waals surface area contributed by atoms with Crippen LogP contribution in [-0.4, -0.2) is 262 Å². The summed E-state index contributed by atoms with van der Waals surface area (Å²) < 4.78 is 148. The van der Waals surface area contributed by atoms with Gasteiger partial charge in [0, 0.05) is 214 Å². The first-order chi connectivity index (χ1) is 55.5. The Bertz CT molecular complexity index is 3500. The van der Waals surface area contributed by atoms with Crippen molar-refractivity contribution in [1.82, 2.24) is 0 Å². The summed E-state index contributed by atoms with van der Waals surface area (Å²) in [7, 11) is -5.63. The molecule has 0 fully saturated rings. The van der Waals surface area contributed by atoms with E-state index in [1.165, 1.54) is 41.5 Å². The van der Waals surface area contributed by atoms with E-state index in [2.05, 4.69) is 0 Å². The van der Waals surface area contributed by atoms with Crippen molar-refractivity contribution in [3.8, 4) is 0 Å². The molecule has 0 aliphatic rings. The largest absolute Gasteiger partial charge is 1.00 e. The van der Waals surface area contributed by atoms with Gasteiger partial charge in [0.15, 0.2) is 5.25 Å². The van der Waals surface area contributed by atoms with Crippen LogP contribution in [0, 0.1) is 0 Å². The Morgan fingerprint density at radius 1 is 0.248 bits per heavy atom. The van der Waals surface area contributed by atoms with Crippen molar-refractivity contribution in [3.63, 3.8) is 0 Å². The zero-order valence-electron chi connectivity index (χ0n) is 73.1. The molecule has 0 aliphatic carbocycles. The molecule has 0 aromatic rings. The molecule has 0 aliphatic heterocycles. The molecule has 0 amide bonds. The third kappa shape index (κ3) is 61.3. The maximum atomic E-state index is 13.2. The Balaban J connectivity index is 0. The van der Waals surface area contributed by atoms with Crippen molar-refractivity contribution in [1.29, 1.82) is 0 Å². The fourth-order valence-corrected chi connectivity index (χ4v) is 13.6. The van der Waals surface area contributed by atoms with E-state index in [9.17, 15) is 99.3 Å². The van der Waals surface area contributed by atoms with Crippen molar-refractivity contribution in [2.45, 2.75) is 350 Å². The van der Waals surface area contributed by atoms with Gasteiger partial charge in [0.25, 0.3) is 0 Å². The average molecular weight is 1770 g/mol. The molecule has 0 saturated carbocycles. The normalized spacial score (nSPS) is 15.1. The summed E-state index contributed by atoms with van der Waals surface area (Å²) in [5.74, 6) is -15.5. The standard InChI is InChI=1S/C78H122O41S.Na/c1-44(79)100-23-21-60(106-46(3)81)29-62(108-48(5)83)31-64(110-50(7)85)33-66(112-52(9)87)35-68(114-54(11)89)37-70(116-56(13)91)39-72(118-58(15)93)42-77(17,18)104-27-25-102-75(95)41-74(120(97,98)99)76(96)103-26-28-105-78(19,20)43-73(119-59(16)94)40-71(117-57(14)92)38-69(115-55(12)90)36-67(113-53(10)88)34-65(111-51(8)86)32-63(109-49(6)84)30-61(107-47(4)82)22-24-101-45(2)80;/h60-74H,21-43H2,1-20H3,(H,97,98,99);/q;+1/p-1. The van der Waals surface area contributed by atoms with Gasteiger partial charge >= 0.3 is 137 Å². The molecule has 0 bridgehead atoms. The first kappa shape index (κ1) is 114. The predicted molar refractivity (Wildman–Crippen MR) is 405 cm³/mol. The third-order valence-corrected chi connectivity index (χ3v) is 17.6. The van der Waals surface area contributed by atoms with Crippen LogP contribution in [0.4, 0.5) is 0 Å². The second-order valence-electron chi connectivity index (χ2n) is 29.5. The van der Waals surface area contributed by atoms with Crippen LogP contribution in [0.15, 0.2) is 0 Å². The van der Waals surface area contributed by atoms with Crippen molar-refractivity contribution in [2.24, 2.45) is 0 Å². The topological polar surface area (TPSA) is 549 Å². The summed E-state index contributed by atoms with van der Waals surface area (Å²) in [5, 5.41) is -2.64. The summed E-state index contributed by atoms with van der Waals surface area (Å²) in [6, 6.07) is 0. The van der Waals surface area contributed by atoms with Gasteiger partial charge in [-0.1, -0.05) is 0 Å². The average Bonchev–Trinajstić information content (AvgIpc) is 0.861. The SMILES string of the molecule is CC(=O)OCCC(CC(CC(CC(CC(CC(CC(CC(C)(C)OCCOC(=O)CC(C(=O)OCCOC(C)(C)CC(CC(CC(CC(CC(CC(CC(CCOC(C)=O)OC(C)=O)OC(C)=O)OC(C)=O)OC(C)=O)OC(C)=O)OC(C)=O)OC(C)=O)S(=O)(=O)[O-])OC(C)=O)OC(C)=O)OC(C)=O)OC(C)=O)OC(C)=O)OC(C)=O)OC(C)=O.[Na+]. The first-order valence-electron chi connectivity index (χ1n) is 38.7. The van der Waals surface area contributed by atoms with E-state index < -0.39 is 252 Å². The van der Waals surface area contributed by atoms with Gasteiger partial charge in [-0.3, -0.25) is 86.3 Å². The quantitative estimate of drug-likeness (QED) is 0.0277. The van der Waals surface area contributed by atoms with Gasteiger partial charge < -0.3 is 99.3 Å². The molecular formula is C78H121NaO41S. The molecule has 0 spiro atoms. The molecule has 686 valence electrons. The van der Waals surface area contributed by atoms with Gasteiger partial charge in [0.05, 0.1) is 44.1 Å². The molecule has 0 saturated heterocycles. The zero-order chi connectivity index (χ0) is 92.0. The Labute approximate surface area is 726 Å².